The highest BCUT2D eigenvalue weighted by atomic mass is 16.5. The Morgan fingerprint density at radius 2 is 2.12 bits per heavy atom. The van der Waals surface area contributed by atoms with Gasteiger partial charge in [-0.1, -0.05) is 0 Å². The van der Waals surface area contributed by atoms with Crippen LogP contribution >= 0.6 is 0 Å². The van der Waals surface area contributed by atoms with E-state index in [9.17, 15) is 4.79 Å². The van der Waals surface area contributed by atoms with E-state index in [2.05, 4.69) is 20.2 Å². The average molecular weight is 345 g/mol. The summed E-state index contributed by atoms with van der Waals surface area (Å²) in [5.41, 5.74) is 5.80. The van der Waals surface area contributed by atoms with Crippen molar-refractivity contribution in [1.82, 2.24) is 15.3 Å². The van der Waals surface area contributed by atoms with Crippen LogP contribution in [0.5, 0.6) is 0 Å². The van der Waals surface area contributed by atoms with E-state index in [0.717, 1.165) is 38.5 Å². The van der Waals surface area contributed by atoms with Crippen LogP contribution < -0.4 is 16.0 Å². The maximum absolute atomic E-state index is 11.6. The van der Waals surface area contributed by atoms with E-state index in [4.69, 9.17) is 10.5 Å². The summed E-state index contributed by atoms with van der Waals surface area (Å²) < 4.78 is 6.20. The van der Waals surface area contributed by atoms with Gasteiger partial charge in [0, 0.05) is 32.8 Å². The molecule has 3 aliphatic rings. The monoisotopic (exact) mass is 345 g/mol. The minimum atomic E-state index is 0.0255. The van der Waals surface area contributed by atoms with Crippen molar-refractivity contribution >= 4 is 17.7 Å². The third kappa shape index (κ3) is 3.86. The number of aromatic nitrogens is 2. The number of nitrogen functional groups attached to an aromatic ring is 1. The molecular formula is C18H27N5O2. The second kappa shape index (κ2) is 6.78. The third-order valence-electron chi connectivity index (χ3n) is 5.70. The lowest BCUT2D eigenvalue weighted by atomic mass is 9.77. The van der Waals surface area contributed by atoms with E-state index in [0.29, 0.717) is 23.6 Å². The zero-order chi connectivity index (χ0) is 17.4. The predicted octanol–water partition coefficient (Wildman–Crippen LogP) is 1.20. The van der Waals surface area contributed by atoms with Gasteiger partial charge in [-0.25, -0.2) is 4.98 Å². The molecule has 136 valence electrons. The van der Waals surface area contributed by atoms with Crippen molar-refractivity contribution in [3.8, 4) is 0 Å². The highest BCUT2D eigenvalue weighted by Gasteiger charge is 2.44. The van der Waals surface area contributed by atoms with E-state index in [1.54, 1.807) is 19.2 Å². The lowest BCUT2D eigenvalue weighted by molar-refractivity contribution is -0.122. The van der Waals surface area contributed by atoms with E-state index < -0.39 is 0 Å². The van der Waals surface area contributed by atoms with Crippen LogP contribution in [-0.4, -0.2) is 47.7 Å². The molecule has 0 unspecified atom stereocenters. The Kier molecular flexibility index (Phi) is 4.50. The Balaban J connectivity index is 1.44. The van der Waals surface area contributed by atoms with Gasteiger partial charge in [0.1, 0.15) is 5.82 Å². The summed E-state index contributed by atoms with van der Waals surface area (Å²) >= 11 is 0. The second-order valence-corrected chi connectivity index (χ2v) is 7.80. The van der Waals surface area contributed by atoms with Crippen LogP contribution in [0.4, 0.5) is 11.8 Å². The molecule has 2 heterocycles. The zero-order valence-corrected chi connectivity index (χ0v) is 14.7. The number of ether oxygens (including phenoxy) is 1. The van der Waals surface area contributed by atoms with Crippen LogP contribution in [0.15, 0.2) is 12.3 Å². The molecule has 4 atom stereocenters. The van der Waals surface area contributed by atoms with E-state index in [1.807, 2.05) is 0 Å². The Hall–Kier alpha value is -1.89. The molecule has 0 bridgehead atoms. The van der Waals surface area contributed by atoms with Crippen molar-refractivity contribution in [3.05, 3.63) is 12.3 Å². The second-order valence-electron chi connectivity index (χ2n) is 7.80. The molecule has 25 heavy (non-hydrogen) atoms. The highest BCUT2D eigenvalue weighted by Crippen LogP contribution is 2.39. The van der Waals surface area contributed by atoms with Crippen LogP contribution in [0.2, 0.25) is 0 Å². The largest absolute Gasteiger partial charge is 0.384 e. The van der Waals surface area contributed by atoms with Gasteiger partial charge in [-0.15, -0.1) is 0 Å². The lowest BCUT2D eigenvalue weighted by Gasteiger charge is -2.38. The van der Waals surface area contributed by atoms with Gasteiger partial charge in [0.25, 0.3) is 0 Å². The van der Waals surface area contributed by atoms with Gasteiger partial charge in [-0.3, -0.25) is 4.79 Å². The summed E-state index contributed by atoms with van der Waals surface area (Å²) in [6, 6.07) is 1.82. The SMILES string of the molecule is CC(=O)N[C@@H]1C[C@@H]2CN(c3nccc(N)n3)C[C@@H]2C[C@H]1OCC1CC1. The first-order valence-electron chi connectivity index (χ1n) is 9.30. The lowest BCUT2D eigenvalue weighted by Crippen LogP contribution is -2.50. The van der Waals surface area contributed by atoms with Gasteiger partial charge in [-0.05, 0) is 49.5 Å². The molecule has 3 fully saturated rings. The van der Waals surface area contributed by atoms with Gasteiger partial charge >= 0.3 is 0 Å². The fourth-order valence-corrected chi connectivity index (χ4v) is 4.23. The zero-order valence-electron chi connectivity index (χ0n) is 14.7. The number of hydrogen-bond donors (Lipinski definition) is 2. The van der Waals surface area contributed by atoms with Gasteiger partial charge in [0.15, 0.2) is 0 Å². The van der Waals surface area contributed by atoms with Crippen LogP contribution in [0.3, 0.4) is 0 Å². The van der Waals surface area contributed by atoms with Gasteiger partial charge in [0.05, 0.1) is 12.1 Å². The maximum atomic E-state index is 11.6. The van der Waals surface area contributed by atoms with Crippen molar-refractivity contribution in [2.24, 2.45) is 17.8 Å². The predicted molar refractivity (Wildman–Crippen MR) is 94.9 cm³/mol. The molecule has 1 aromatic rings. The molecule has 0 aromatic carbocycles. The summed E-state index contributed by atoms with van der Waals surface area (Å²) in [6.45, 7) is 4.27. The first-order chi connectivity index (χ1) is 12.1. The number of nitrogens with one attached hydrogen (secondary N) is 1. The Labute approximate surface area is 148 Å². The Morgan fingerprint density at radius 1 is 1.36 bits per heavy atom. The van der Waals surface area contributed by atoms with Gasteiger partial charge in [0.2, 0.25) is 11.9 Å². The molecule has 1 amide bonds. The van der Waals surface area contributed by atoms with E-state index >= 15 is 0 Å². The summed E-state index contributed by atoms with van der Waals surface area (Å²) in [7, 11) is 0. The van der Waals surface area contributed by atoms with Crippen molar-refractivity contribution in [3.63, 3.8) is 0 Å². The number of rotatable bonds is 5. The van der Waals surface area contributed by atoms with Crippen molar-refractivity contribution in [1.29, 1.82) is 0 Å². The molecule has 0 radical (unpaired) electrons. The first-order valence-corrected chi connectivity index (χ1v) is 9.30. The van der Waals surface area contributed by atoms with Gasteiger partial charge in [-0.2, -0.15) is 4.98 Å². The molecule has 2 saturated carbocycles. The number of nitrogens with two attached hydrogens (primary N) is 1. The van der Waals surface area contributed by atoms with Crippen LogP contribution in [-0.2, 0) is 9.53 Å². The number of hydrogen-bond acceptors (Lipinski definition) is 6. The highest BCUT2D eigenvalue weighted by molar-refractivity contribution is 5.73. The van der Waals surface area contributed by atoms with Crippen molar-refractivity contribution < 1.29 is 9.53 Å². The number of nitrogens with zero attached hydrogens (tertiary/aromatic N) is 3. The van der Waals surface area contributed by atoms with Crippen LogP contribution in [0.25, 0.3) is 0 Å². The standard InChI is InChI=1S/C18H27N5O2/c1-11(24)21-15-6-13-8-23(18-20-5-4-17(19)22-18)9-14(13)7-16(15)25-10-12-2-3-12/h4-5,12-16H,2-3,6-10H2,1H3,(H,21,24)(H2,19,20,22)/t13-,14+,15-,16-/m1/s1. The molecule has 4 rings (SSSR count). The fraction of sp³-hybridized carbons (Fsp3) is 0.722. The summed E-state index contributed by atoms with van der Waals surface area (Å²) in [4.78, 5) is 22.6. The molecule has 1 aliphatic heterocycles. The number of amides is 1. The minimum Gasteiger partial charge on any atom is -0.384 e. The minimum absolute atomic E-state index is 0.0255. The van der Waals surface area contributed by atoms with E-state index in [1.165, 1.54) is 12.8 Å². The normalized spacial score (nSPS) is 31.6. The molecule has 2 aliphatic carbocycles. The fourth-order valence-electron chi connectivity index (χ4n) is 4.23. The van der Waals surface area contributed by atoms with Crippen LogP contribution in [0, 0.1) is 17.8 Å². The molecule has 1 aromatic heterocycles. The van der Waals surface area contributed by atoms with Crippen LogP contribution in [0.1, 0.15) is 32.6 Å². The van der Waals surface area contributed by atoms with Gasteiger partial charge < -0.3 is 20.7 Å². The molecule has 1 saturated heterocycles. The van der Waals surface area contributed by atoms with Crippen molar-refractivity contribution in [2.75, 3.05) is 30.3 Å². The topological polar surface area (TPSA) is 93.4 Å². The molecule has 7 nitrogen and oxygen atoms in total. The average Bonchev–Trinajstić information content (AvgIpc) is 3.30. The summed E-state index contributed by atoms with van der Waals surface area (Å²) in [5, 5.41) is 3.12. The van der Waals surface area contributed by atoms with Crippen molar-refractivity contribution in [2.45, 2.75) is 44.8 Å². The number of carbonyl (C=O) groups excluding carboxylic acids is 1. The van der Waals surface area contributed by atoms with E-state index in [-0.39, 0.29) is 18.1 Å². The smallest absolute Gasteiger partial charge is 0.227 e. The Morgan fingerprint density at radius 3 is 2.80 bits per heavy atom. The first kappa shape index (κ1) is 16.6. The maximum Gasteiger partial charge on any atom is 0.227 e. The summed E-state index contributed by atoms with van der Waals surface area (Å²) in [5.74, 6) is 3.05. The molecule has 3 N–H and O–H groups in total. The molecule has 7 heteroatoms. The number of fused-ring (bicyclic) bond motifs is 1. The third-order valence-corrected chi connectivity index (χ3v) is 5.70. The molecular weight excluding hydrogens is 318 g/mol. The quantitative estimate of drug-likeness (QED) is 0.833. The Bertz CT molecular complexity index is 636. The number of anilines is 2. The number of carbonyl (C=O) groups is 1. The molecule has 0 spiro atoms. The summed E-state index contributed by atoms with van der Waals surface area (Å²) in [6.07, 6.45) is 6.34.